The van der Waals surface area contributed by atoms with E-state index in [0.29, 0.717) is 43.2 Å². The number of para-hydroxylation sites is 1. The van der Waals surface area contributed by atoms with Crippen LogP contribution < -0.4 is 59.7 Å². The minimum atomic E-state index is -1.53. The maximum atomic E-state index is 15.1. The summed E-state index contributed by atoms with van der Waals surface area (Å²) in [6, 6.07) is 9.02. The molecule has 1 aromatic heterocycles. The van der Waals surface area contributed by atoms with Crippen molar-refractivity contribution in [2.24, 2.45) is 28.1 Å². The zero-order valence-corrected chi connectivity index (χ0v) is 51.2. The molecule has 0 aliphatic carbocycles. The molecular formula is C63H87N15O11. The summed E-state index contributed by atoms with van der Waals surface area (Å²) in [6.45, 7) is 6.93. The number of benzene rings is 3. The second-order valence-corrected chi connectivity index (χ2v) is 23.7. The summed E-state index contributed by atoms with van der Waals surface area (Å²) in [4.78, 5) is 167. The van der Waals surface area contributed by atoms with E-state index in [2.05, 4.69) is 52.5 Å². The second-order valence-electron chi connectivity index (χ2n) is 23.7. The van der Waals surface area contributed by atoms with Crippen molar-refractivity contribution in [2.75, 3.05) is 26.2 Å². The van der Waals surface area contributed by atoms with Gasteiger partial charge in [0.2, 0.25) is 65.0 Å². The van der Waals surface area contributed by atoms with Crippen LogP contribution in [-0.4, -0.2) is 166 Å². The zero-order chi connectivity index (χ0) is 64.3. The molecule has 4 aromatic rings. The summed E-state index contributed by atoms with van der Waals surface area (Å²) in [5.41, 5.74) is 19.0. The fourth-order valence-corrected chi connectivity index (χ4v) is 11.8. The van der Waals surface area contributed by atoms with Crippen molar-refractivity contribution < 1.29 is 52.7 Å². The van der Waals surface area contributed by atoms with Crippen LogP contribution in [0.4, 0.5) is 0 Å². The normalized spacial score (nSPS) is 22.6. The van der Waals surface area contributed by atoms with Gasteiger partial charge in [0.15, 0.2) is 5.96 Å². The van der Waals surface area contributed by atoms with Crippen molar-refractivity contribution in [3.63, 3.8) is 0 Å². The number of nitrogens with two attached hydrogens (primary N) is 3. The minimum Gasteiger partial charge on any atom is -0.370 e. The molecule has 26 nitrogen and oxygen atoms in total. The van der Waals surface area contributed by atoms with Gasteiger partial charge in [-0.05, 0) is 98.1 Å². The van der Waals surface area contributed by atoms with E-state index in [1.807, 2.05) is 67.6 Å². The minimum absolute atomic E-state index is 0.00421. The Balaban J connectivity index is 1.28. The molecule has 3 aliphatic rings. The monoisotopic (exact) mass is 1230 g/mol. The molecule has 3 fully saturated rings. The Morgan fingerprint density at radius 3 is 2.15 bits per heavy atom. The third-order valence-electron chi connectivity index (χ3n) is 16.5. The Bertz CT molecular complexity index is 3250. The molecule has 89 heavy (non-hydrogen) atoms. The maximum absolute atomic E-state index is 15.1. The first-order valence-electron chi connectivity index (χ1n) is 31.0. The van der Waals surface area contributed by atoms with Crippen molar-refractivity contribution in [1.29, 1.82) is 0 Å². The van der Waals surface area contributed by atoms with E-state index in [-0.39, 0.29) is 89.9 Å². The fraction of sp³-hybridized carbons (Fsp3) is 0.524. The number of fused-ring (bicyclic) bond motifs is 3. The van der Waals surface area contributed by atoms with Gasteiger partial charge in [0.1, 0.15) is 54.4 Å². The molecule has 0 spiro atoms. The van der Waals surface area contributed by atoms with Gasteiger partial charge in [0.25, 0.3) is 0 Å². The van der Waals surface area contributed by atoms with Gasteiger partial charge in [-0.1, -0.05) is 94.3 Å². The molecule has 15 N–H and O–H groups in total. The summed E-state index contributed by atoms with van der Waals surface area (Å²) in [7, 11) is 0. The number of hydrogen-bond donors (Lipinski definition) is 12. The van der Waals surface area contributed by atoms with Gasteiger partial charge < -0.3 is 74.5 Å². The number of H-pyrrole nitrogens is 1. The van der Waals surface area contributed by atoms with Gasteiger partial charge in [0.05, 0.1) is 6.42 Å². The van der Waals surface area contributed by atoms with E-state index in [1.165, 1.54) is 16.7 Å². The van der Waals surface area contributed by atoms with E-state index in [0.717, 1.165) is 21.7 Å². The van der Waals surface area contributed by atoms with Crippen molar-refractivity contribution in [3.05, 3.63) is 84.1 Å². The molecule has 9 atom stereocenters. The Morgan fingerprint density at radius 2 is 1.42 bits per heavy atom. The first-order chi connectivity index (χ1) is 42.6. The molecule has 480 valence electrons. The van der Waals surface area contributed by atoms with Crippen LogP contribution in [0.5, 0.6) is 0 Å². The lowest BCUT2D eigenvalue weighted by molar-refractivity contribution is -0.143. The van der Waals surface area contributed by atoms with Gasteiger partial charge in [0, 0.05) is 63.0 Å². The number of carbonyl (C=O) groups is 11. The van der Waals surface area contributed by atoms with E-state index >= 15 is 14.4 Å². The smallest absolute Gasteiger partial charge is 0.246 e. The van der Waals surface area contributed by atoms with Crippen LogP contribution in [0.2, 0.25) is 0 Å². The predicted molar refractivity (Wildman–Crippen MR) is 333 cm³/mol. The summed E-state index contributed by atoms with van der Waals surface area (Å²) >= 11 is 0. The van der Waals surface area contributed by atoms with Gasteiger partial charge in [-0.2, -0.15) is 0 Å². The molecule has 3 aliphatic heterocycles. The number of aromatic amines is 1. The number of amides is 11. The largest absolute Gasteiger partial charge is 0.370 e. The third-order valence-corrected chi connectivity index (χ3v) is 16.5. The number of nitrogens with one attached hydrogen (secondary N) is 9. The topological polar surface area (TPSA) is 397 Å². The molecule has 26 heteroatoms. The van der Waals surface area contributed by atoms with Crippen LogP contribution >= 0.6 is 0 Å². The van der Waals surface area contributed by atoms with Crippen LogP contribution in [0.1, 0.15) is 122 Å². The van der Waals surface area contributed by atoms with Crippen LogP contribution in [-0.2, 0) is 65.6 Å². The van der Waals surface area contributed by atoms with E-state index in [4.69, 9.17) is 17.2 Å². The number of unbranched alkanes of at least 4 members (excludes halogenated alkanes) is 1. The van der Waals surface area contributed by atoms with Crippen LogP contribution in [0, 0.1) is 5.92 Å². The first kappa shape index (κ1) is 67.4. The lowest BCUT2D eigenvalue weighted by Gasteiger charge is -2.31. The summed E-state index contributed by atoms with van der Waals surface area (Å²) in [6.07, 6.45) is 4.11. The third kappa shape index (κ3) is 18.7. The highest BCUT2D eigenvalue weighted by Gasteiger charge is 2.42. The number of primary amides is 1. The lowest BCUT2D eigenvalue weighted by atomic mass is 9.99. The lowest BCUT2D eigenvalue weighted by Crippen LogP contribution is -2.61. The average molecular weight is 1230 g/mol. The molecule has 7 rings (SSSR count). The second kappa shape index (κ2) is 32.2. The van der Waals surface area contributed by atoms with Gasteiger partial charge >= 0.3 is 0 Å². The van der Waals surface area contributed by atoms with Gasteiger partial charge in [-0.25, -0.2) is 0 Å². The highest BCUT2D eigenvalue weighted by atomic mass is 16.2. The Morgan fingerprint density at radius 1 is 0.730 bits per heavy atom. The van der Waals surface area contributed by atoms with Crippen molar-refractivity contribution in [1.82, 2.24) is 57.3 Å². The van der Waals surface area contributed by atoms with Crippen molar-refractivity contribution >= 4 is 92.6 Å². The Labute approximate surface area is 517 Å². The predicted octanol–water partition coefficient (Wildman–Crippen LogP) is 0.577. The quantitative estimate of drug-likeness (QED) is 0.0348. The summed E-state index contributed by atoms with van der Waals surface area (Å²) < 4.78 is 0. The number of carbonyl (C=O) groups excluding carboxylic acids is 11. The number of likely N-dealkylation sites (tertiary alicyclic amines) is 1. The molecule has 3 aromatic carbocycles. The Hall–Kier alpha value is -9.10. The molecule has 4 heterocycles. The van der Waals surface area contributed by atoms with Crippen LogP contribution in [0.15, 0.2) is 77.9 Å². The number of aliphatic imine (C=N–C) groups is 1. The SMILES string of the molecule is CCCC[C@H](NC(C)=O)C(=O)N[C@H]1CC(=O)NCCCC[C@@H](C(=O)NC(C(=O)N2CCC[C@@H]2C(N)=O)C(C)C)NC(=O)[C@H](Cc2c[nH]c3ccccc23)NC(=O)[C@H](CCCN=C(N)N)NC(=O)C(Cc2ccc3ccccc3c2)NC(=O)[C@@H]2CCCN2C1=O. The highest BCUT2D eigenvalue weighted by Crippen LogP contribution is 2.25. The molecule has 11 amide bonds. The van der Waals surface area contributed by atoms with E-state index < -0.39 is 132 Å². The molecule has 0 saturated carbocycles. The van der Waals surface area contributed by atoms with Crippen molar-refractivity contribution in [3.8, 4) is 0 Å². The number of guanidine groups is 1. The van der Waals surface area contributed by atoms with E-state index in [9.17, 15) is 38.4 Å². The molecule has 2 unspecified atom stereocenters. The molecular weight excluding hydrogens is 1140 g/mol. The number of rotatable bonds is 19. The standard InChI is InChI=1S/C63H87N15O11/c1-5-6-19-44(70-37(4)79)55(82)75-49-34-52(80)67-27-12-11-21-45(57(84)76-53(36(2)3)62(89)77-29-14-23-50(77)54(64)81)71-59(86)48(33-41-35-69-43-20-10-9-18-42(41)43)73-56(83)46(22-13-28-68-63(65)66)72-58(85)47(74-60(87)51-24-15-30-78(51)61(49)88)32-38-25-26-39-16-7-8-17-40(39)31-38/h7-10,16-18,20,25-26,31,35-36,44-51,53,69H,5-6,11-15,19,21-24,27-30,32-34H2,1-4H3,(H2,64,81)(H,67,80)(H,70,79)(H,71,86)(H,72,85)(H,73,83)(H,74,87)(H,75,82)(H,76,84)(H4,65,66,68)/t44-,45-,46-,47?,48-,49-,50+,51-,53?/m0/s1. The van der Waals surface area contributed by atoms with Crippen molar-refractivity contribution in [2.45, 2.75) is 178 Å². The summed E-state index contributed by atoms with van der Waals surface area (Å²) in [5.74, 6) is -8.45. The molecule has 3 saturated heterocycles. The number of nitrogens with zero attached hydrogens (tertiary/aromatic N) is 3. The average Bonchev–Trinajstić information content (AvgIpc) is 2.92. The van der Waals surface area contributed by atoms with Gasteiger partial charge in [-0.15, -0.1) is 0 Å². The van der Waals surface area contributed by atoms with E-state index in [1.54, 1.807) is 26.1 Å². The van der Waals surface area contributed by atoms with Crippen LogP contribution in [0.3, 0.4) is 0 Å². The summed E-state index contributed by atoms with van der Waals surface area (Å²) in [5, 5.41) is 24.9. The maximum Gasteiger partial charge on any atom is 0.246 e. The zero-order valence-electron chi connectivity index (χ0n) is 51.2. The molecule has 0 bridgehead atoms. The van der Waals surface area contributed by atoms with Crippen LogP contribution in [0.25, 0.3) is 21.7 Å². The number of aromatic nitrogens is 1. The highest BCUT2D eigenvalue weighted by molar-refractivity contribution is 6.00. The first-order valence-corrected chi connectivity index (χ1v) is 31.0. The molecule has 0 radical (unpaired) electrons. The Kier molecular flexibility index (Phi) is 24.4. The fourth-order valence-electron chi connectivity index (χ4n) is 11.8. The van der Waals surface area contributed by atoms with Gasteiger partial charge in [-0.3, -0.25) is 57.7 Å². The number of hydrogen-bond acceptors (Lipinski definition) is 12.